The number of rotatable bonds is 15. The number of fused-ring (bicyclic) bond motifs is 1. The number of halogens is 4. The summed E-state index contributed by atoms with van der Waals surface area (Å²) in [5, 5.41) is 0.442. The van der Waals surface area contributed by atoms with E-state index in [1.165, 1.54) is 55.0 Å². The van der Waals surface area contributed by atoms with Crippen molar-refractivity contribution in [1.82, 2.24) is 9.88 Å². The summed E-state index contributed by atoms with van der Waals surface area (Å²) < 4.78 is 69.6. The Morgan fingerprint density at radius 1 is 1.04 bits per heavy atom. The van der Waals surface area contributed by atoms with Crippen LogP contribution in [0.1, 0.15) is 62.0 Å². The highest BCUT2D eigenvalue weighted by Gasteiger charge is 2.39. The summed E-state index contributed by atoms with van der Waals surface area (Å²) in [5.41, 5.74) is 1.94. The van der Waals surface area contributed by atoms with Gasteiger partial charge in [-0.15, -0.1) is 0 Å². The summed E-state index contributed by atoms with van der Waals surface area (Å²) in [6.45, 7) is -1.99. The third kappa shape index (κ3) is 8.86. The average Bonchev–Trinajstić information content (AvgIpc) is 3.91. The molecule has 0 radical (unpaired) electrons. The van der Waals surface area contributed by atoms with Gasteiger partial charge in [-0.05, 0) is 73.2 Å². The van der Waals surface area contributed by atoms with Gasteiger partial charge < -0.3 is 14.2 Å². The van der Waals surface area contributed by atoms with Gasteiger partial charge in [-0.3, -0.25) is 28.6 Å². The number of carbonyl (C=O) groups excluding carboxylic acids is 3. The van der Waals surface area contributed by atoms with E-state index in [0.717, 1.165) is 29.0 Å². The van der Waals surface area contributed by atoms with Gasteiger partial charge in [0.25, 0.3) is 11.8 Å². The molecule has 0 saturated heterocycles. The molecule has 278 valence electrons. The molecule has 53 heavy (non-hydrogen) atoms. The lowest BCUT2D eigenvalue weighted by molar-refractivity contribution is -0.377. The van der Waals surface area contributed by atoms with E-state index in [-0.39, 0.29) is 63.8 Å². The third-order valence-corrected chi connectivity index (χ3v) is 10.5. The number of hydrogen-bond acceptors (Lipinski definition) is 9. The van der Waals surface area contributed by atoms with Gasteiger partial charge in [0.2, 0.25) is 10.0 Å². The molecule has 2 aromatic heterocycles. The van der Waals surface area contributed by atoms with Crippen molar-refractivity contribution < 1.29 is 50.8 Å². The first-order valence-electron chi connectivity index (χ1n) is 16.3. The van der Waals surface area contributed by atoms with Crippen molar-refractivity contribution in [3.05, 3.63) is 111 Å². The molecule has 0 unspecified atom stereocenters. The molecule has 2 aliphatic rings. The maximum Gasteiger partial charge on any atom is 0.387 e. The number of ether oxygens (including phenoxy) is 3. The van der Waals surface area contributed by atoms with E-state index in [0.29, 0.717) is 21.7 Å². The van der Waals surface area contributed by atoms with Crippen molar-refractivity contribution in [2.24, 2.45) is 5.92 Å². The molecule has 1 atom stereocenters. The first kappa shape index (κ1) is 37.9. The van der Waals surface area contributed by atoms with E-state index in [1.54, 1.807) is 19.1 Å². The number of imide groups is 1. The number of aromatic amines is 1. The molecule has 2 aromatic carbocycles. The van der Waals surface area contributed by atoms with E-state index < -0.39 is 47.1 Å². The topological polar surface area (TPSA) is 147 Å². The number of carbonyl (C=O) groups is 3. The normalized spacial score (nSPS) is 14.7. The van der Waals surface area contributed by atoms with E-state index in [9.17, 15) is 31.6 Å². The first-order chi connectivity index (χ1) is 25.2. The number of hydrogen-bond donors (Lipinski definition) is 0. The van der Waals surface area contributed by atoms with Crippen LogP contribution in [0.4, 0.5) is 14.5 Å². The lowest BCUT2D eigenvalue weighted by Crippen LogP contribution is -2.36. The zero-order valence-corrected chi connectivity index (χ0v) is 30.7. The molecular formula is C36H33Cl2F2N4O8S+. The van der Waals surface area contributed by atoms with E-state index in [1.807, 2.05) is 0 Å². The standard InChI is InChI=1S/C36H32Cl2F2N4O8S/c1-20-4-3-11-42-29(20)17-44(53(2,48)49)23-8-9-24-25(13-23)35(47)43(34(24)46)18-33(45)51-31(14-26-27(37)15-41-16-28(26)38)22-7-10-30(52-36(39)40)32(12-22)50-19-21-5-6-21/h3-4,7-13,15-16,21,31,36H,5-6,14,17-19H2,1-2H3/p+1/t31-/m0/s1. The summed E-state index contributed by atoms with van der Waals surface area (Å²) in [6.07, 6.45) is 6.14. The molecular weight excluding hydrogens is 757 g/mol. The Balaban J connectivity index is 1.25. The number of aryl methyl sites for hydroxylation is 1. The van der Waals surface area contributed by atoms with Gasteiger partial charge in [0, 0.05) is 18.2 Å². The summed E-state index contributed by atoms with van der Waals surface area (Å²) in [6, 6.07) is 11.6. The Bertz CT molecular complexity index is 2170. The Kier molecular flexibility index (Phi) is 11.2. The van der Waals surface area contributed by atoms with E-state index >= 15 is 0 Å². The Morgan fingerprint density at radius 3 is 2.42 bits per heavy atom. The monoisotopic (exact) mass is 789 g/mol. The number of esters is 1. The van der Waals surface area contributed by atoms with Gasteiger partial charge >= 0.3 is 12.6 Å². The molecule has 3 heterocycles. The number of anilines is 1. The molecule has 1 N–H and O–H groups in total. The third-order valence-electron chi connectivity index (χ3n) is 8.73. The second-order valence-corrected chi connectivity index (χ2v) is 15.3. The van der Waals surface area contributed by atoms with Crippen LogP contribution < -0.4 is 18.8 Å². The van der Waals surface area contributed by atoms with Crippen LogP contribution in [0, 0.1) is 12.8 Å². The van der Waals surface area contributed by atoms with E-state index in [4.69, 9.17) is 32.7 Å². The fourth-order valence-electron chi connectivity index (χ4n) is 5.73. The summed E-state index contributed by atoms with van der Waals surface area (Å²) >= 11 is 12.8. The molecule has 0 bridgehead atoms. The molecule has 4 aromatic rings. The summed E-state index contributed by atoms with van der Waals surface area (Å²) in [5.74, 6) is -2.54. The lowest BCUT2D eigenvalue weighted by Gasteiger charge is -2.23. The number of pyridine rings is 2. The molecule has 1 aliphatic heterocycles. The number of benzene rings is 2. The van der Waals surface area contributed by atoms with Crippen molar-refractivity contribution >= 4 is 56.7 Å². The van der Waals surface area contributed by atoms with Gasteiger partial charge in [0.1, 0.15) is 22.7 Å². The van der Waals surface area contributed by atoms with Gasteiger partial charge in [-0.1, -0.05) is 35.3 Å². The zero-order chi connectivity index (χ0) is 38.0. The predicted molar refractivity (Wildman–Crippen MR) is 189 cm³/mol. The highest BCUT2D eigenvalue weighted by Crippen LogP contribution is 2.38. The fraction of sp³-hybridized carbons (Fsp3) is 0.306. The van der Waals surface area contributed by atoms with Gasteiger partial charge in [-0.25, -0.2) is 13.4 Å². The number of aromatic nitrogens is 2. The summed E-state index contributed by atoms with van der Waals surface area (Å²) in [4.78, 5) is 48.3. The minimum Gasteiger partial charge on any atom is -0.489 e. The average molecular weight is 791 g/mol. The van der Waals surface area contributed by atoms with Gasteiger partial charge in [0.05, 0.1) is 41.9 Å². The van der Waals surface area contributed by atoms with Crippen LogP contribution in [-0.4, -0.2) is 62.1 Å². The zero-order valence-electron chi connectivity index (χ0n) is 28.4. The Morgan fingerprint density at radius 2 is 1.75 bits per heavy atom. The van der Waals surface area contributed by atoms with Crippen LogP contribution in [0.2, 0.25) is 10.0 Å². The quantitative estimate of drug-likeness (QED) is 0.105. The van der Waals surface area contributed by atoms with Crippen LogP contribution in [0.15, 0.2) is 67.1 Å². The van der Waals surface area contributed by atoms with Crippen LogP contribution in [0.3, 0.4) is 0 Å². The van der Waals surface area contributed by atoms with E-state index in [2.05, 4.69) is 14.7 Å². The first-order valence-corrected chi connectivity index (χ1v) is 18.9. The molecule has 1 fully saturated rings. The molecule has 17 heteroatoms. The smallest absolute Gasteiger partial charge is 0.387 e. The molecule has 1 saturated carbocycles. The number of nitrogens with one attached hydrogen (secondary N) is 1. The Hall–Kier alpha value is -4.86. The maximum absolute atomic E-state index is 13.6. The number of amides is 2. The molecule has 6 rings (SSSR count). The largest absolute Gasteiger partial charge is 0.489 e. The second kappa shape index (κ2) is 15.6. The fourth-order valence-corrected chi connectivity index (χ4v) is 7.12. The minimum atomic E-state index is -3.87. The summed E-state index contributed by atoms with van der Waals surface area (Å²) in [7, 11) is -3.87. The van der Waals surface area contributed by atoms with Crippen molar-refractivity contribution in [2.75, 3.05) is 23.7 Å². The van der Waals surface area contributed by atoms with Crippen molar-refractivity contribution in [3.8, 4) is 11.5 Å². The van der Waals surface area contributed by atoms with Crippen molar-refractivity contribution in [1.29, 1.82) is 0 Å². The van der Waals surface area contributed by atoms with Crippen LogP contribution in [0.25, 0.3) is 0 Å². The van der Waals surface area contributed by atoms with Gasteiger partial charge in [-0.2, -0.15) is 8.78 Å². The number of alkyl halides is 2. The number of H-pyrrole nitrogens is 1. The van der Waals surface area contributed by atoms with Crippen molar-refractivity contribution in [2.45, 2.75) is 45.4 Å². The molecule has 12 nitrogen and oxygen atoms in total. The maximum atomic E-state index is 13.6. The van der Waals surface area contributed by atoms with Crippen LogP contribution in [-0.2, 0) is 32.5 Å². The van der Waals surface area contributed by atoms with Crippen LogP contribution >= 0.6 is 23.2 Å². The number of sulfonamides is 1. The molecule has 1 aliphatic carbocycles. The lowest BCUT2D eigenvalue weighted by atomic mass is 10.0. The minimum absolute atomic E-state index is 0.00633. The predicted octanol–water partition coefficient (Wildman–Crippen LogP) is 5.99. The Labute approximate surface area is 313 Å². The highest BCUT2D eigenvalue weighted by atomic mass is 35.5. The molecule has 2 amide bonds. The van der Waals surface area contributed by atoms with Crippen molar-refractivity contribution in [3.63, 3.8) is 0 Å². The van der Waals surface area contributed by atoms with Crippen LogP contribution in [0.5, 0.6) is 11.5 Å². The second-order valence-electron chi connectivity index (χ2n) is 12.6. The highest BCUT2D eigenvalue weighted by molar-refractivity contribution is 7.92. The van der Waals surface area contributed by atoms with Gasteiger partial charge in [0.15, 0.2) is 23.9 Å². The SMILES string of the molecule is Cc1cccnc1CN(c1ccc2c(c1)C(=O)N(CC(=O)O[C@@H](Cc1c(Cl)c[nH+]cc1Cl)c1ccc(OC(F)F)c(OCC3CC3)c1)C2=O)S(C)(=O)=O. The molecule has 0 spiro atoms. The number of nitrogens with zero attached hydrogens (tertiary/aromatic N) is 3.